The van der Waals surface area contributed by atoms with Crippen molar-refractivity contribution in [3.05, 3.63) is 48.7 Å². The fourth-order valence-corrected chi connectivity index (χ4v) is 2.14. The zero-order chi connectivity index (χ0) is 13.0. The number of aliphatic hydroxyl groups is 1. The number of para-hydroxylation sites is 1. The Morgan fingerprint density at radius 3 is 3.00 bits per heavy atom. The lowest BCUT2D eigenvalue weighted by atomic mass is 10.2. The molecule has 1 unspecified atom stereocenters. The van der Waals surface area contributed by atoms with Gasteiger partial charge in [-0.05, 0) is 24.4 Å². The van der Waals surface area contributed by atoms with Crippen LogP contribution in [0.4, 0.5) is 0 Å². The van der Waals surface area contributed by atoms with Gasteiger partial charge in [0.05, 0.1) is 25.9 Å². The largest absolute Gasteiger partial charge is 0.389 e. The number of aryl methyl sites for hydroxylation is 1. The Hall–Kier alpha value is -1.58. The summed E-state index contributed by atoms with van der Waals surface area (Å²) in [6.45, 7) is 6.99. The summed E-state index contributed by atoms with van der Waals surface area (Å²) < 4.78 is 7.39. The first-order chi connectivity index (χ1) is 8.72. The van der Waals surface area contributed by atoms with Gasteiger partial charge in [-0.1, -0.05) is 24.3 Å². The van der Waals surface area contributed by atoms with Gasteiger partial charge in [0, 0.05) is 11.2 Å². The van der Waals surface area contributed by atoms with Crippen LogP contribution in [0.3, 0.4) is 0 Å². The molecule has 18 heavy (non-hydrogen) atoms. The summed E-state index contributed by atoms with van der Waals surface area (Å²) in [7, 11) is 0. The van der Waals surface area contributed by atoms with E-state index < -0.39 is 6.10 Å². The molecule has 0 saturated heterocycles. The zero-order valence-electron chi connectivity index (χ0n) is 10.7. The topological polar surface area (TPSA) is 34.4 Å². The quantitative estimate of drug-likeness (QED) is 0.627. The van der Waals surface area contributed by atoms with Gasteiger partial charge in [-0.15, -0.1) is 6.58 Å². The lowest BCUT2D eigenvalue weighted by molar-refractivity contribution is 0.0401. The molecule has 1 heterocycles. The molecule has 1 atom stereocenters. The summed E-state index contributed by atoms with van der Waals surface area (Å²) in [4.78, 5) is 0. The highest BCUT2D eigenvalue weighted by Crippen LogP contribution is 2.19. The molecule has 0 aliphatic heterocycles. The monoisotopic (exact) mass is 245 g/mol. The Morgan fingerprint density at radius 2 is 2.22 bits per heavy atom. The molecule has 1 aromatic heterocycles. The van der Waals surface area contributed by atoms with E-state index in [1.165, 1.54) is 5.39 Å². The predicted molar refractivity (Wildman–Crippen MR) is 73.7 cm³/mol. The standard InChI is InChI=1S/C15H19NO2/c1-3-8-18-11-14(17)10-16-12(2)9-13-6-4-5-7-15(13)16/h3-7,9,14,17H,1,8,10-11H2,2H3. The van der Waals surface area contributed by atoms with Crippen LogP contribution in [0, 0.1) is 6.92 Å². The lowest BCUT2D eigenvalue weighted by Crippen LogP contribution is -2.22. The van der Waals surface area contributed by atoms with Gasteiger partial charge in [-0.3, -0.25) is 0 Å². The van der Waals surface area contributed by atoms with E-state index in [0.29, 0.717) is 19.8 Å². The molecule has 1 N–H and O–H groups in total. The molecule has 0 aliphatic rings. The molecule has 3 nitrogen and oxygen atoms in total. The summed E-state index contributed by atoms with van der Waals surface area (Å²) >= 11 is 0. The second kappa shape index (κ2) is 5.85. The summed E-state index contributed by atoms with van der Waals surface area (Å²) in [6, 6.07) is 10.3. The molecule has 0 radical (unpaired) electrons. The second-order valence-corrected chi connectivity index (χ2v) is 4.44. The average molecular weight is 245 g/mol. The molecule has 2 aromatic rings. The Bertz CT molecular complexity index is 530. The van der Waals surface area contributed by atoms with Crippen LogP contribution < -0.4 is 0 Å². The number of nitrogens with zero attached hydrogens (tertiary/aromatic N) is 1. The Kier molecular flexibility index (Phi) is 4.18. The van der Waals surface area contributed by atoms with Crippen molar-refractivity contribution in [2.24, 2.45) is 0 Å². The van der Waals surface area contributed by atoms with Crippen LogP contribution in [0.15, 0.2) is 43.0 Å². The molecule has 1 aromatic carbocycles. The summed E-state index contributed by atoms with van der Waals surface area (Å²) in [5, 5.41) is 11.2. The van der Waals surface area contributed by atoms with Gasteiger partial charge in [0.1, 0.15) is 0 Å². The zero-order valence-corrected chi connectivity index (χ0v) is 10.7. The molecule has 0 aliphatic carbocycles. The molecule has 3 heteroatoms. The molecule has 0 bridgehead atoms. The van der Waals surface area contributed by atoms with Crippen molar-refractivity contribution in [2.75, 3.05) is 13.2 Å². The van der Waals surface area contributed by atoms with Crippen LogP contribution in [-0.2, 0) is 11.3 Å². The maximum atomic E-state index is 9.95. The molecule has 0 saturated carbocycles. The molecular formula is C15H19NO2. The normalized spacial score (nSPS) is 12.8. The number of aromatic nitrogens is 1. The second-order valence-electron chi connectivity index (χ2n) is 4.44. The first-order valence-corrected chi connectivity index (χ1v) is 6.14. The Balaban J connectivity index is 2.11. The van der Waals surface area contributed by atoms with E-state index in [4.69, 9.17) is 4.74 Å². The van der Waals surface area contributed by atoms with Crippen molar-refractivity contribution in [1.29, 1.82) is 0 Å². The van der Waals surface area contributed by atoms with Crippen LogP contribution >= 0.6 is 0 Å². The van der Waals surface area contributed by atoms with E-state index >= 15 is 0 Å². The molecular weight excluding hydrogens is 226 g/mol. The Morgan fingerprint density at radius 1 is 1.44 bits per heavy atom. The minimum absolute atomic E-state index is 0.331. The first-order valence-electron chi connectivity index (χ1n) is 6.14. The van der Waals surface area contributed by atoms with E-state index in [1.54, 1.807) is 6.08 Å². The molecule has 96 valence electrons. The van der Waals surface area contributed by atoms with Crippen molar-refractivity contribution in [2.45, 2.75) is 19.6 Å². The average Bonchev–Trinajstić information content (AvgIpc) is 2.67. The van der Waals surface area contributed by atoms with E-state index in [-0.39, 0.29) is 0 Å². The number of ether oxygens (including phenoxy) is 1. The van der Waals surface area contributed by atoms with Crippen molar-refractivity contribution >= 4 is 10.9 Å². The maximum Gasteiger partial charge on any atom is 0.0952 e. The van der Waals surface area contributed by atoms with Gasteiger partial charge in [0.15, 0.2) is 0 Å². The summed E-state index contributed by atoms with van der Waals surface area (Å²) in [6.07, 6.45) is 1.18. The fraction of sp³-hybridized carbons (Fsp3) is 0.333. The highest BCUT2D eigenvalue weighted by molar-refractivity contribution is 5.81. The van der Waals surface area contributed by atoms with E-state index in [0.717, 1.165) is 11.2 Å². The van der Waals surface area contributed by atoms with Gasteiger partial charge in [0.2, 0.25) is 0 Å². The van der Waals surface area contributed by atoms with E-state index in [2.05, 4.69) is 36.3 Å². The van der Waals surface area contributed by atoms with Crippen LogP contribution in [0.1, 0.15) is 5.69 Å². The molecule has 2 rings (SSSR count). The van der Waals surface area contributed by atoms with Crippen LogP contribution in [0.25, 0.3) is 10.9 Å². The number of fused-ring (bicyclic) bond motifs is 1. The number of benzene rings is 1. The van der Waals surface area contributed by atoms with Crippen molar-refractivity contribution < 1.29 is 9.84 Å². The SMILES string of the molecule is C=CCOCC(O)Cn1c(C)cc2ccccc21. The van der Waals surface area contributed by atoms with Crippen LogP contribution in [-0.4, -0.2) is 29.0 Å². The Labute approximate surface area is 107 Å². The molecule has 0 fully saturated rings. The van der Waals surface area contributed by atoms with E-state index in [9.17, 15) is 5.11 Å². The van der Waals surface area contributed by atoms with Crippen LogP contribution in [0.2, 0.25) is 0 Å². The highest BCUT2D eigenvalue weighted by Gasteiger charge is 2.10. The summed E-state index contributed by atoms with van der Waals surface area (Å²) in [5.74, 6) is 0. The van der Waals surface area contributed by atoms with E-state index in [1.807, 2.05) is 12.1 Å². The molecule has 0 spiro atoms. The minimum Gasteiger partial charge on any atom is -0.389 e. The third-order valence-corrected chi connectivity index (χ3v) is 2.96. The number of hydrogen-bond donors (Lipinski definition) is 1. The highest BCUT2D eigenvalue weighted by atomic mass is 16.5. The molecule has 0 amide bonds. The van der Waals surface area contributed by atoms with Crippen molar-refractivity contribution in [3.63, 3.8) is 0 Å². The maximum absolute atomic E-state index is 9.95. The third kappa shape index (κ3) is 2.81. The van der Waals surface area contributed by atoms with Crippen LogP contribution in [0.5, 0.6) is 0 Å². The van der Waals surface area contributed by atoms with Gasteiger partial charge >= 0.3 is 0 Å². The number of hydrogen-bond acceptors (Lipinski definition) is 2. The first kappa shape index (κ1) is 12.9. The smallest absolute Gasteiger partial charge is 0.0952 e. The minimum atomic E-state index is -0.501. The predicted octanol–water partition coefficient (Wildman–Crippen LogP) is 2.51. The lowest BCUT2D eigenvalue weighted by Gasteiger charge is -2.14. The number of aliphatic hydroxyl groups excluding tert-OH is 1. The van der Waals surface area contributed by atoms with Gasteiger partial charge in [-0.2, -0.15) is 0 Å². The fourth-order valence-electron chi connectivity index (χ4n) is 2.14. The van der Waals surface area contributed by atoms with Crippen molar-refractivity contribution in [1.82, 2.24) is 4.57 Å². The van der Waals surface area contributed by atoms with Gasteiger partial charge in [-0.25, -0.2) is 0 Å². The van der Waals surface area contributed by atoms with Crippen molar-refractivity contribution in [3.8, 4) is 0 Å². The van der Waals surface area contributed by atoms with Gasteiger partial charge < -0.3 is 14.4 Å². The third-order valence-electron chi connectivity index (χ3n) is 2.96. The van der Waals surface area contributed by atoms with Gasteiger partial charge in [0.25, 0.3) is 0 Å². The summed E-state index contributed by atoms with van der Waals surface area (Å²) in [5.41, 5.74) is 2.30. The number of rotatable bonds is 6.